The summed E-state index contributed by atoms with van der Waals surface area (Å²) < 4.78 is 1.33. The third-order valence-electron chi connectivity index (χ3n) is 3.52. The van der Waals surface area contributed by atoms with Gasteiger partial charge in [-0.2, -0.15) is 5.10 Å². The van der Waals surface area contributed by atoms with E-state index in [0.717, 1.165) is 25.1 Å². The molecule has 0 spiro atoms. The maximum atomic E-state index is 12.0. The number of nitrogens with zero attached hydrogens (tertiary/aromatic N) is 3. The first-order chi connectivity index (χ1) is 8.99. The van der Waals surface area contributed by atoms with E-state index in [-0.39, 0.29) is 18.0 Å². The molecular formula is C14H25N3O2. The van der Waals surface area contributed by atoms with Gasteiger partial charge in [0.2, 0.25) is 0 Å². The van der Waals surface area contributed by atoms with Crippen molar-refractivity contribution < 1.29 is 5.11 Å². The Bertz CT molecular complexity index is 445. The molecule has 0 amide bonds. The van der Waals surface area contributed by atoms with Crippen LogP contribution in [0.2, 0.25) is 0 Å². The first-order valence-electron chi connectivity index (χ1n) is 6.95. The fourth-order valence-corrected chi connectivity index (χ4v) is 1.86. The maximum Gasteiger partial charge on any atom is 0.268 e. The zero-order chi connectivity index (χ0) is 14.4. The minimum atomic E-state index is -0.533. The highest BCUT2D eigenvalue weighted by molar-refractivity contribution is 5.41. The van der Waals surface area contributed by atoms with E-state index in [1.54, 1.807) is 12.3 Å². The Morgan fingerprint density at radius 2 is 2.16 bits per heavy atom. The molecule has 1 heterocycles. The van der Waals surface area contributed by atoms with Gasteiger partial charge in [-0.3, -0.25) is 4.79 Å². The van der Waals surface area contributed by atoms with Gasteiger partial charge in [0.1, 0.15) is 0 Å². The smallest absolute Gasteiger partial charge is 0.268 e. The lowest BCUT2D eigenvalue weighted by Gasteiger charge is -2.20. The van der Waals surface area contributed by atoms with Gasteiger partial charge in [0.25, 0.3) is 5.56 Å². The molecule has 0 aliphatic rings. The molecule has 0 aromatic carbocycles. The predicted octanol–water partition coefficient (Wildman–Crippen LogP) is 1.50. The largest absolute Gasteiger partial charge is 0.391 e. The Morgan fingerprint density at radius 1 is 1.47 bits per heavy atom. The molecule has 5 nitrogen and oxygen atoms in total. The number of hydrogen-bond acceptors (Lipinski definition) is 4. The van der Waals surface area contributed by atoms with E-state index in [1.165, 1.54) is 4.68 Å². The van der Waals surface area contributed by atoms with Crippen molar-refractivity contribution in [2.45, 2.75) is 46.3 Å². The molecule has 19 heavy (non-hydrogen) atoms. The molecule has 5 heteroatoms. The van der Waals surface area contributed by atoms with Crippen LogP contribution in [0, 0.1) is 5.92 Å². The van der Waals surface area contributed by atoms with Crippen molar-refractivity contribution in [2.75, 3.05) is 18.5 Å². The molecular weight excluding hydrogens is 242 g/mol. The monoisotopic (exact) mass is 267 g/mol. The van der Waals surface area contributed by atoms with Gasteiger partial charge in [-0.05, 0) is 12.3 Å². The van der Waals surface area contributed by atoms with Gasteiger partial charge in [0.05, 0.1) is 24.5 Å². The van der Waals surface area contributed by atoms with Crippen molar-refractivity contribution in [1.29, 1.82) is 0 Å². The van der Waals surface area contributed by atoms with Gasteiger partial charge in [0.15, 0.2) is 0 Å². The molecule has 1 N–H and O–H groups in total. The molecule has 0 saturated heterocycles. The summed E-state index contributed by atoms with van der Waals surface area (Å²) in [5.74, 6) is 0.163. The van der Waals surface area contributed by atoms with Crippen LogP contribution in [0.25, 0.3) is 0 Å². The summed E-state index contributed by atoms with van der Waals surface area (Å²) in [6.45, 7) is 7.23. The minimum Gasteiger partial charge on any atom is -0.391 e. The number of rotatable bonds is 7. The molecule has 1 aromatic rings. The average Bonchev–Trinajstić information content (AvgIpc) is 2.40. The van der Waals surface area contributed by atoms with Crippen LogP contribution in [0.5, 0.6) is 0 Å². The highest BCUT2D eigenvalue weighted by atomic mass is 16.3. The Morgan fingerprint density at radius 3 is 2.68 bits per heavy atom. The molecule has 0 fully saturated rings. The highest BCUT2D eigenvalue weighted by Crippen LogP contribution is 2.10. The molecule has 0 radical (unpaired) electrons. The van der Waals surface area contributed by atoms with Crippen molar-refractivity contribution in [3.63, 3.8) is 0 Å². The molecule has 0 aliphatic heterocycles. The SMILES string of the molecule is CCCN(C)c1cnn(CC(O)C(C)CC)c(=O)c1. The van der Waals surface area contributed by atoms with Gasteiger partial charge in [-0.25, -0.2) is 4.68 Å². The number of aromatic nitrogens is 2. The standard InChI is InChI=1S/C14H25N3O2/c1-5-7-16(4)12-8-14(19)17(15-9-12)10-13(18)11(3)6-2/h8-9,11,13,18H,5-7,10H2,1-4H3. The molecule has 1 aromatic heterocycles. The first-order valence-corrected chi connectivity index (χ1v) is 6.95. The maximum absolute atomic E-state index is 12.0. The summed E-state index contributed by atoms with van der Waals surface area (Å²) in [4.78, 5) is 14.0. The van der Waals surface area contributed by atoms with Crippen molar-refractivity contribution in [3.8, 4) is 0 Å². The summed E-state index contributed by atoms with van der Waals surface area (Å²) in [5.41, 5.74) is 0.656. The van der Waals surface area contributed by atoms with E-state index in [4.69, 9.17) is 0 Å². The minimum absolute atomic E-state index is 0.163. The van der Waals surface area contributed by atoms with Crippen molar-refractivity contribution in [1.82, 2.24) is 9.78 Å². The van der Waals surface area contributed by atoms with Gasteiger partial charge in [-0.1, -0.05) is 27.2 Å². The Hall–Kier alpha value is -1.36. The van der Waals surface area contributed by atoms with Crippen LogP contribution in [0.15, 0.2) is 17.1 Å². The van der Waals surface area contributed by atoms with Gasteiger partial charge >= 0.3 is 0 Å². The summed E-state index contributed by atoms with van der Waals surface area (Å²) in [7, 11) is 1.94. The van der Waals surface area contributed by atoms with Crippen LogP contribution in [-0.2, 0) is 6.54 Å². The van der Waals surface area contributed by atoms with E-state index in [2.05, 4.69) is 12.0 Å². The zero-order valence-corrected chi connectivity index (χ0v) is 12.3. The molecule has 0 bridgehead atoms. The summed E-state index contributed by atoms with van der Waals surface area (Å²) >= 11 is 0. The fourth-order valence-electron chi connectivity index (χ4n) is 1.86. The van der Waals surface area contributed by atoms with Gasteiger partial charge in [0, 0.05) is 19.7 Å². The second kappa shape index (κ2) is 7.28. The Balaban J connectivity index is 2.80. The van der Waals surface area contributed by atoms with E-state index in [9.17, 15) is 9.90 Å². The predicted molar refractivity (Wildman–Crippen MR) is 77.5 cm³/mol. The second-order valence-electron chi connectivity index (χ2n) is 5.11. The van der Waals surface area contributed by atoms with Crippen LogP contribution in [0.3, 0.4) is 0 Å². The topological polar surface area (TPSA) is 58.4 Å². The normalized spacial score (nSPS) is 14.2. The van der Waals surface area contributed by atoms with Crippen molar-refractivity contribution in [3.05, 3.63) is 22.6 Å². The highest BCUT2D eigenvalue weighted by Gasteiger charge is 2.14. The number of anilines is 1. The Labute approximate surface area is 114 Å². The molecule has 1 rings (SSSR count). The average molecular weight is 267 g/mol. The lowest BCUT2D eigenvalue weighted by Crippen LogP contribution is -2.32. The van der Waals surface area contributed by atoms with Crippen LogP contribution in [0.1, 0.15) is 33.6 Å². The molecule has 2 atom stereocenters. The lowest BCUT2D eigenvalue weighted by molar-refractivity contribution is 0.0912. The third-order valence-corrected chi connectivity index (χ3v) is 3.52. The number of aliphatic hydroxyl groups excluding tert-OH is 1. The summed E-state index contributed by atoms with van der Waals surface area (Å²) in [5, 5.41) is 14.1. The van der Waals surface area contributed by atoms with E-state index >= 15 is 0 Å². The third kappa shape index (κ3) is 4.35. The number of hydrogen-bond donors (Lipinski definition) is 1. The fraction of sp³-hybridized carbons (Fsp3) is 0.714. The first kappa shape index (κ1) is 15.7. The van der Waals surface area contributed by atoms with Crippen LogP contribution in [0.4, 0.5) is 5.69 Å². The van der Waals surface area contributed by atoms with E-state index in [0.29, 0.717) is 0 Å². The van der Waals surface area contributed by atoms with Crippen molar-refractivity contribution >= 4 is 5.69 Å². The summed E-state index contributed by atoms with van der Waals surface area (Å²) in [6.07, 6.45) is 3.05. The molecule has 2 unspecified atom stereocenters. The van der Waals surface area contributed by atoms with E-state index in [1.807, 2.05) is 25.8 Å². The van der Waals surface area contributed by atoms with Crippen LogP contribution >= 0.6 is 0 Å². The zero-order valence-electron chi connectivity index (χ0n) is 12.3. The van der Waals surface area contributed by atoms with E-state index < -0.39 is 6.10 Å². The van der Waals surface area contributed by atoms with Crippen molar-refractivity contribution in [2.24, 2.45) is 5.92 Å². The lowest BCUT2D eigenvalue weighted by atomic mass is 10.0. The quantitative estimate of drug-likeness (QED) is 0.813. The van der Waals surface area contributed by atoms with Crippen LogP contribution < -0.4 is 10.5 Å². The van der Waals surface area contributed by atoms with Crippen LogP contribution in [-0.4, -0.2) is 34.6 Å². The Kier molecular flexibility index (Phi) is 6.02. The number of aliphatic hydroxyl groups is 1. The second-order valence-corrected chi connectivity index (χ2v) is 5.11. The van der Waals surface area contributed by atoms with Gasteiger partial charge < -0.3 is 10.0 Å². The summed E-state index contributed by atoms with van der Waals surface area (Å²) in [6, 6.07) is 1.58. The molecule has 108 valence electrons. The van der Waals surface area contributed by atoms with Gasteiger partial charge in [-0.15, -0.1) is 0 Å². The molecule has 0 aliphatic carbocycles. The molecule has 0 saturated carbocycles.